The molecular weight excluding hydrogens is 395 g/mol. The van der Waals surface area contributed by atoms with Gasteiger partial charge in [0.1, 0.15) is 0 Å². The predicted octanol–water partition coefficient (Wildman–Crippen LogP) is 5.78. The van der Waals surface area contributed by atoms with Gasteiger partial charge in [-0.3, -0.25) is 4.79 Å². The van der Waals surface area contributed by atoms with Crippen molar-refractivity contribution in [1.82, 2.24) is 5.32 Å². The second-order valence-electron chi connectivity index (χ2n) is 8.62. The summed E-state index contributed by atoms with van der Waals surface area (Å²) in [5, 5.41) is 2.74. The van der Waals surface area contributed by atoms with Gasteiger partial charge >= 0.3 is 6.18 Å². The van der Waals surface area contributed by atoms with E-state index in [0.717, 1.165) is 35.6 Å². The minimum Gasteiger partial charge on any atom is -0.355 e. The van der Waals surface area contributed by atoms with E-state index in [0.29, 0.717) is 11.4 Å². The maximum atomic E-state index is 12.9. The van der Waals surface area contributed by atoms with Crippen molar-refractivity contribution in [3.8, 4) is 0 Å². The molecule has 0 spiro atoms. The fourth-order valence-corrected chi connectivity index (χ4v) is 6.79. The van der Waals surface area contributed by atoms with Crippen LogP contribution in [0.5, 0.6) is 0 Å². The summed E-state index contributed by atoms with van der Waals surface area (Å²) in [6.07, 6.45) is 3.26. The molecule has 27 heavy (non-hydrogen) atoms. The summed E-state index contributed by atoms with van der Waals surface area (Å²) in [5.74, 6) is 2.50. The molecule has 148 valence electrons. The third kappa shape index (κ3) is 4.26. The Kier molecular flexibility index (Phi) is 5.17. The Hall–Kier alpha value is -0.880. The minimum atomic E-state index is -4.49. The van der Waals surface area contributed by atoms with Crippen LogP contribution in [-0.2, 0) is 11.0 Å². The van der Waals surface area contributed by atoms with Crippen LogP contribution >= 0.6 is 23.4 Å². The van der Waals surface area contributed by atoms with Crippen LogP contribution < -0.4 is 5.32 Å². The highest BCUT2D eigenvalue weighted by Crippen LogP contribution is 2.59. The monoisotopic (exact) mass is 417 g/mol. The van der Waals surface area contributed by atoms with Gasteiger partial charge < -0.3 is 5.32 Å². The van der Waals surface area contributed by atoms with Crippen molar-refractivity contribution in [2.45, 2.75) is 49.6 Å². The average molecular weight is 418 g/mol. The van der Waals surface area contributed by atoms with Crippen molar-refractivity contribution >= 4 is 29.3 Å². The summed E-state index contributed by atoms with van der Waals surface area (Å²) in [7, 11) is 0. The molecule has 1 N–H and O–H groups in total. The lowest BCUT2D eigenvalue weighted by atomic mass is 9.49. The number of alkyl halides is 3. The zero-order valence-corrected chi connectivity index (χ0v) is 16.5. The predicted molar refractivity (Wildman–Crippen MR) is 101 cm³/mol. The summed E-state index contributed by atoms with van der Waals surface area (Å²) < 4.78 is 38.8. The molecule has 2 nitrogen and oxygen atoms in total. The molecule has 1 aromatic carbocycles. The van der Waals surface area contributed by atoms with E-state index in [1.165, 1.54) is 50.7 Å². The molecule has 0 aromatic heterocycles. The Balaban J connectivity index is 1.31. The first-order valence-corrected chi connectivity index (χ1v) is 10.9. The number of nitrogens with one attached hydrogen (secondary N) is 1. The van der Waals surface area contributed by atoms with Crippen molar-refractivity contribution < 1.29 is 18.0 Å². The smallest absolute Gasteiger partial charge is 0.355 e. The fourth-order valence-electron chi connectivity index (χ4n) is 5.80. The Labute approximate surface area is 166 Å². The van der Waals surface area contributed by atoms with E-state index in [1.54, 1.807) is 0 Å². The molecular formula is C20H23ClF3NOS. The van der Waals surface area contributed by atoms with Crippen LogP contribution in [-0.4, -0.2) is 18.2 Å². The molecule has 1 amide bonds. The molecule has 0 aliphatic heterocycles. The Bertz CT molecular complexity index is 701. The molecule has 0 atom stereocenters. The number of hydrogen-bond donors (Lipinski definition) is 1. The van der Waals surface area contributed by atoms with E-state index in [-0.39, 0.29) is 22.1 Å². The fraction of sp³-hybridized carbons (Fsp3) is 0.650. The lowest BCUT2D eigenvalue weighted by molar-refractivity contribution is -0.137. The molecule has 0 radical (unpaired) electrons. The zero-order valence-electron chi connectivity index (χ0n) is 14.9. The third-order valence-corrected chi connectivity index (χ3v) is 7.76. The number of carbonyl (C=O) groups is 1. The largest absolute Gasteiger partial charge is 0.417 e. The van der Waals surface area contributed by atoms with Crippen LogP contribution in [0, 0.1) is 23.2 Å². The standard InChI is InChI=1S/C20H23ClF3NOS/c21-17-2-1-15(6-16(17)20(22,23)24)27-10-18(26)25-11-19-7-12-3-13(8-19)5-14(4-12)9-19/h1-2,6,12-14H,3-5,7-11H2,(H,25,26). The van der Waals surface area contributed by atoms with E-state index in [9.17, 15) is 18.0 Å². The Morgan fingerprint density at radius 2 is 1.74 bits per heavy atom. The highest BCUT2D eigenvalue weighted by atomic mass is 35.5. The van der Waals surface area contributed by atoms with Gasteiger partial charge in [-0.15, -0.1) is 11.8 Å². The normalized spacial score (nSPS) is 31.9. The molecule has 4 fully saturated rings. The number of hydrogen-bond acceptors (Lipinski definition) is 2. The van der Waals surface area contributed by atoms with Crippen molar-refractivity contribution in [1.29, 1.82) is 0 Å². The average Bonchev–Trinajstić information content (AvgIpc) is 2.57. The molecule has 1 aromatic rings. The minimum absolute atomic E-state index is 0.112. The Morgan fingerprint density at radius 3 is 2.30 bits per heavy atom. The van der Waals surface area contributed by atoms with E-state index in [4.69, 9.17) is 11.6 Å². The maximum Gasteiger partial charge on any atom is 0.417 e. The van der Waals surface area contributed by atoms with E-state index < -0.39 is 11.7 Å². The summed E-state index contributed by atoms with van der Waals surface area (Å²) in [5.41, 5.74) is -0.596. The van der Waals surface area contributed by atoms with Gasteiger partial charge in [0, 0.05) is 11.4 Å². The molecule has 4 aliphatic rings. The van der Waals surface area contributed by atoms with Gasteiger partial charge in [0.25, 0.3) is 0 Å². The highest BCUT2D eigenvalue weighted by Gasteiger charge is 2.50. The SMILES string of the molecule is O=C(CSc1ccc(Cl)c(C(F)(F)F)c1)NCC12CC3CC(CC(C3)C1)C2. The van der Waals surface area contributed by atoms with Crippen LogP contribution in [0.3, 0.4) is 0 Å². The maximum absolute atomic E-state index is 12.9. The van der Waals surface area contributed by atoms with E-state index >= 15 is 0 Å². The number of benzene rings is 1. The number of carbonyl (C=O) groups excluding carboxylic acids is 1. The highest BCUT2D eigenvalue weighted by molar-refractivity contribution is 8.00. The molecule has 5 rings (SSSR count). The van der Waals surface area contributed by atoms with E-state index in [2.05, 4.69) is 5.32 Å². The van der Waals surface area contributed by atoms with Gasteiger partial charge in [0.05, 0.1) is 16.3 Å². The van der Waals surface area contributed by atoms with Crippen molar-refractivity contribution in [2.24, 2.45) is 23.2 Å². The van der Waals surface area contributed by atoms with Crippen LogP contribution in [0.25, 0.3) is 0 Å². The Morgan fingerprint density at radius 1 is 1.15 bits per heavy atom. The molecule has 4 saturated carbocycles. The van der Waals surface area contributed by atoms with Crippen LogP contribution in [0.2, 0.25) is 5.02 Å². The number of thioether (sulfide) groups is 1. The molecule has 4 bridgehead atoms. The van der Waals surface area contributed by atoms with Gasteiger partial charge in [-0.25, -0.2) is 0 Å². The van der Waals surface area contributed by atoms with Crippen molar-refractivity contribution in [3.63, 3.8) is 0 Å². The summed E-state index contributed by atoms with van der Waals surface area (Å²) in [4.78, 5) is 12.7. The van der Waals surface area contributed by atoms with Crippen LogP contribution in [0.4, 0.5) is 13.2 Å². The van der Waals surface area contributed by atoms with Crippen molar-refractivity contribution in [2.75, 3.05) is 12.3 Å². The van der Waals surface area contributed by atoms with Crippen molar-refractivity contribution in [3.05, 3.63) is 28.8 Å². The molecule has 0 unspecified atom stereocenters. The molecule has 4 aliphatic carbocycles. The van der Waals surface area contributed by atoms with Gasteiger partial charge in [0.15, 0.2) is 0 Å². The molecule has 0 saturated heterocycles. The van der Waals surface area contributed by atoms with Gasteiger partial charge in [0.2, 0.25) is 5.91 Å². The first kappa shape index (κ1) is 19.4. The summed E-state index contributed by atoms with van der Waals surface area (Å²) >= 11 is 6.75. The zero-order chi connectivity index (χ0) is 19.2. The first-order valence-electron chi connectivity index (χ1n) is 9.49. The topological polar surface area (TPSA) is 29.1 Å². The molecule has 0 heterocycles. The summed E-state index contributed by atoms with van der Waals surface area (Å²) in [6.45, 7) is 0.713. The van der Waals surface area contributed by atoms with Gasteiger partial charge in [-0.05, 0) is 79.9 Å². The lowest BCUT2D eigenvalue weighted by Crippen LogP contribution is -2.51. The third-order valence-electron chi connectivity index (χ3n) is 6.44. The van der Waals surface area contributed by atoms with Crippen LogP contribution in [0.1, 0.15) is 44.1 Å². The number of rotatable bonds is 5. The number of halogens is 4. The lowest BCUT2D eigenvalue weighted by Gasteiger charge is -2.56. The summed E-state index contributed by atoms with van der Waals surface area (Å²) in [6, 6.07) is 3.77. The second-order valence-corrected chi connectivity index (χ2v) is 10.1. The molecule has 7 heteroatoms. The van der Waals surface area contributed by atoms with Crippen LogP contribution in [0.15, 0.2) is 23.1 Å². The quantitative estimate of drug-likeness (QED) is 0.615. The number of amides is 1. The second kappa shape index (κ2) is 7.18. The first-order chi connectivity index (χ1) is 12.7. The van der Waals surface area contributed by atoms with Gasteiger partial charge in [-0.2, -0.15) is 13.2 Å². The van der Waals surface area contributed by atoms with E-state index in [1.807, 2.05) is 0 Å². The van der Waals surface area contributed by atoms with Gasteiger partial charge in [-0.1, -0.05) is 11.6 Å².